The Morgan fingerprint density at radius 3 is 1.30 bits per heavy atom. The molecule has 3 heteroatoms. The van der Waals surface area contributed by atoms with Gasteiger partial charge in [0.15, 0.2) is 11.2 Å². The Labute approximate surface area is 311 Å². The summed E-state index contributed by atoms with van der Waals surface area (Å²) in [4.78, 5) is 2.29. The van der Waals surface area contributed by atoms with Crippen LogP contribution in [0.15, 0.2) is 203 Å². The smallest absolute Gasteiger partial charge is 0.178 e. The molecule has 2 heterocycles. The van der Waals surface area contributed by atoms with E-state index in [1.807, 2.05) is 0 Å². The van der Waals surface area contributed by atoms with E-state index in [4.69, 9.17) is 8.83 Å². The molecule has 2 aromatic heterocycles. The number of anilines is 3. The van der Waals surface area contributed by atoms with Gasteiger partial charge in [-0.1, -0.05) is 121 Å². The fourth-order valence-electron chi connectivity index (χ4n) is 8.35. The lowest BCUT2D eigenvalue weighted by Gasteiger charge is -2.25. The van der Waals surface area contributed by atoms with Crippen LogP contribution in [0.3, 0.4) is 0 Å². The van der Waals surface area contributed by atoms with E-state index in [-0.39, 0.29) is 5.92 Å². The molecule has 0 aliphatic heterocycles. The molecule has 0 amide bonds. The van der Waals surface area contributed by atoms with Crippen molar-refractivity contribution < 1.29 is 8.83 Å². The van der Waals surface area contributed by atoms with Crippen molar-refractivity contribution in [2.24, 2.45) is 0 Å². The van der Waals surface area contributed by atoms with Crippen molar-refractivity contribution in [2.75, 3.05) is 4.90 Å². The topological polar surface area (TPSA) is 29.5 Å². The predicted octanol–water partition coefficient (Wildman–Crippen LogP) is 14.4. The molecule has 0 aliphatic carbocycles. The Balaban J connectivity index is 1.04. The standard InChI is InChI=1S/C51H33NO2/c1-5-13-33(14-6-1)49(34-15-7-2-8-16-34)37-22-21-35-29-45-43-25-26-44-46-30-36-23-24-42(52(40-17-9-3-10-18-40)41-19-11-4-12-20-41)28-39(36)32-48(46)54-51(44)50(43)53-47(45)31-38(35)27-37/h1-32,49H. The van der Waals surface area contributed by atoms with Gasteiger partial charge < -0.3 is 13.7 Å². The summed E-state index contributed by atoms with van der Waals surface area (Å²) in [6.07, 6.45) is 0. The van der Waals surface area contributed by atoms with Crippen molar-refractivity contribution in [1.29, 1.82) is 0 Å². The molecule has 0 unspecified atom stereocenters. The second-order valence-corrected chi connectivity index (χ2v) is 14.1. The van der Waals surface area contributed by atoms with Crippen LogP contribution in [0, 0.1) is 0 Å². The van der Waals surface area contributed by atoms with Gasteiger partial charge in [-0.15, -0.1) is 0 Å². The quantitative estimate of drug-likeness (QED) is 0.163. The minimum atomic E-state index is 0.129. The van der Waals surface area contributed by atoms with E-state index < -0.39 is 0 Å². The maximum absolute atomic E-state index is 6.72. The van der Waals surface area contributed by atoms with Gasteiger partial charge in [0.05, 0.1) is 0 Å². The van der Waals surface area contributed by atoms with E-state index >= 15 is 0 Å². The maximum Gasteiger partial charge on any atom is 0.178 e. The third-order valence-electron chi connectivity index (χ3n) is 10.9. The molecule has 3 nitrogen and oxygen atoms in total. The van der Waals surface area contributed by atoms with Gasteiger partial charge >= 0.3 is 0 Å². The number of furan rings is 2. The fourth-order valence-corrected chi connectivity index (χ4v) is 8.35. The molecule has 0 atom stereocenters. The highest BCUT2D eigenvalue weighted by Gasteiger charge is 2.20. The Bertz CT molecular complexity index is 2850. The summed E-state index contributed by atoms with van der Waals surface area (Å²) in [5.74, 6) is 0.129. The van der Waals surface area contributed by atoms with Crippen LogP contribution in [0.2, 0.25) is 0 Å². The predicted molar refractivity (Wildman–Crippen MR) is 225 cm³/mol. The first-order chi connectivity index (χ1) is 26.7. The number of hydrogen-bond donors (Lipinski definition) is 0. The first kappa shape index (κ1) is 30.5. The second-order valence-electron chi connectivity index (χ2n) is 14.1. The number of benzene rings is 9. The summed E-state index contributed by atoms with van der Waals surface area (Å²) in [6.45, 7) is 0. The van der Waals surface area contributed by atoms with Crippen LogP contribution >= 0.6 is 0 Å². The van der Waals surface area contributed by atoms with Gasteiger partial charge in [0.25, 0.3) is 0 Å². The summed E-state index contributed by atoms with van der Waals surface area (Å²) in [5, 5.41) is 8.89. The van der Waals surface area contributed by atoms with Crippen LogP contribution < -0.4 is 4.90 Å². The molecule has 11 aromatic rings. The Hall–Kier alpha value is -7.10. The molecular weight excluding hydrogens is 659 g/mol. The number of rotatable bonds is 6. The highest BCUT2D eigenvalue weighted by Crippen LogP contribution is 2.43. The molecule has 254 valence electrons. The van der Waals surface area contributed by atoms with Crippen molar-refractivity contribution in [3.63, 3.8) is 0 Å². The van der Waals surface area contributed by atoms with Gasteiger partial charge in [-0.25, -0.2) is 0 Å². The lowest BCUT2D eigenvalue weighted by Crippen LogP contribution is -2.09. The molecule has 0 spiro atoms. The van der Waals surface area contributed by atoms with Crippen molar-refractivity contribution in [3.8, 4) is 0 Å². The average Bonchev–Trinajstić information content (AvgIpc) is 3.78. The molecule has 0 bridgehead atoms. The average molecular weight is 692 g/mol. The first-order valence-corrected chi connectivity index (χ1v) is 18.4. The minimum absolute atomic E-state index is 0.129. The van der Waals surface area contributed by atoms with E-state index in [1.165, 1.54) is 22.1 Å². The van der Waals surface area contributed by atoms with Gasteiger partial charge in [0.1, 0.15) is 11.2 Å². The largest absolute Gasteiger partial charge is 0.452 e. The van der Waals surface area contributed by atoms with Crippen LogP contribution in [0.4, 0.5) is 17.1 Å². The third kappa shape index (κ3) is 4.97. The summed E-state index contributed by atoms with van der Waals surface area (Å²) in [7, 11) is 0. The van der Waals surface area contributed by atoms with E-state index in [9.17, 15) is 0 Å². The van der Waals surface area contributed by atoms with Gasteiger partial charge in [0, 0.05) is 44.5 Å². The Morgan fingerprint density at radius 1 is 0.315 bits per heavy atom. The molecule has 11 rings (SSSR count). The summed E-state index contributed by atoms with van der Waals surface area (Å²) >= 11 is 0. The summed E-state index contributed by atoms with van der Waals surface area (Å²) in [6, 6.07) is 69.2. The first-order valence-electron chi connectivity index (χ1n) is 18.4. The number of fused-ring (bicyclic) bond motifs is 9. The minimum Gasteiger partial charge on any atom is -0.452 e. The zero-order valence-electron chi connectivity index (χ0n) is 29.3. The Morgan fingerprint density at radius 2 is 0.778 bits per heavy atom. The zero-order chi connectivity index (χ0) is 35.6. The Kier molecular flexibility index (Phi) is 6.93. The molecule has 54 heavy (non-hydrogen) atoms. The van der Waals surface area contributed by atoms with E-state index in [2.05, 4.69) is 199 Å². The number of hydrogen-bond acceptors (Lipinski definition) is 3. The second kappa shape index (κ2) is 12.3. The maximum atomic E-state index is 6.72. The van der Waals surface area contributed by atoms with Crippen LogP contribution in [0.1, 0.15) is 22.6 Å². The number of para-hydroxylation sites is 2. The fraction of sp³-hybridized carbons (Fsp3) is 0.0196. The van der Waals surface area contributed by atoms with Crippen molar-refractivity contribution in [1.82, 2.24) is 0 Å². The molecule has 0 saturated carbocycles. The van der Waals surface area contributed by atoms with E-state index in [0.29, 0.717) is 0 Å². The molecule has 0 fully saturated rings. The monoisotopic (exact) mass is 691 g/mol. The van der Waals surface area contributed by atoms with E-state index in [1.54, 1.807) is 0 Å². The molecule has 9 aromatic carbocycles. The lowest BCUT2D eigenvalue weighted by molar-refractivity contribution is 0.634. The van der Waals surface area contributed by atoms with Crippen LogP contribution in [0.25, 0.3) is 65.4 Å². The van der Waals surface area contributed by atoms with Crippen molar-refractivity contribution in [2.45, 2.75) is 5.92 Å². The van der Waals surface area contributed by atoms with E-state index in [0.717, 1.165) is 77.1 Å². The van der Waals surface area contributed by atoms with Crippen LogP contribution in [0.5, 0.6) is 0 Å². The molecule has 0 aliphatic rings. The molecular formula is C51H33NO2. The third-order valence-corrected chi connectivity index (χ3v) is 10.9. The molecule has 0 radical (unpaired) electrons. The normalized spacial score (nSPS) is 11.9. The molecule has 0 saturated heterocycles. The van der Waals surface area contributed by atoms with Gasteiger partial charge in [-0.2, -0.15) is 0 Å². The molecule has 0 N–H and O–H groups in total. The van der Waals surface area contributed by atoms with Gasteiger partial charge in [-0.05, 0) is 111 Å². The lowest BCUT2D eigenvalue weighted by atomic mass is 9.84. The van der Waals surface area contributed by atoms with Gasteiger partial charge in [0.2, 0.25) is 0 Å². The van der Waals surface area contributed by atoms with Crippen LogP contribution in [-0.4, -0.2) is 0 Å². The SMILES string of the molecule is c1ccc(C(c2ccccc2)c2ccc3cc4c(cc3c2)oc2c4ccc3c4cc5ccc(N(c6ccccc6)c6ccccc6)cc5cc4oc32)cc1. The highest BCUT2D eigenvalue weighted by molar-refractivity contribution is 6.21. The summed E-state index contributed by atoms with van der Waals surface area (Å²) in [5.41, 5.74) is 10.4. The van der Waals surface area contributed by atoms with Crippen LogP contribution in [-0.2, 0) is 0 Å². The highest BCUT2D eigenvalue weighted by atomic mass is 16.4. The van der Waals surface area contributed by atoms with Gasteiger partial charge in [-0.3, -0.25) is 0 Å². The zero-order valence-corrected chi connectivity index (χ0v) is 29.3. The van der Waals surface area contributed by atoms with Crippen molar-refractivity contribution in [3.05, 3.63) is 211 Å². The van der Waals surface area contributed by atoms with Crippen molar-refractivity contribution >= 4 is 82.5 Å². The number of nitrogens with zero attached hydrogens (tertiary/aromatic N) is 1. The summed E-state index contributed by atoms with van der Waals surface area (Å²) < 4.78 is 13.4.